The third kappa shape index (κ3) is 4.34. The van der Waals surface area contributed by atoms with E-state index in [-0.39, 0.29) is 12.4 Å². The molecule has 0 aromatic rings. The maximum absolute atomic E-state index is 12.2. The van der Waals surface area contributed by atoms with Crippen molar-refractivity contribution < 1.29 is 9.53 Å². The summed E-state index contributed by atoms with van der Waals surface area (Å²) in [4.78, 5) is 14.2. The van der Waals surface area contributed by atoms with E-state index in [1.54, 1.807) is 0 Å². The van der Waals surface area contributed by atoms with Crippen LogP contribution < -0.4 is 5.32 Å². The molecule has 0 spiro atoms. The van der Waals surface area contributed by atoms with E-state index in [4.69, 9.17) is 4.74 Å². The largest absolute Gasteiger partial charge is 0.381 e. The van der Waals surface area contributed by atoms with Gasteiger partial charge in [-0.25, -0.2) is 0 Å². The number of halogens is 1. The second-order valence-corrected chi connectivity index (χ2v) is 6.40. The smallest absolute Gasteiger partial charge is 0.224 e. The van der Waals surface area contributed by atoms with Crippen LogP contribution in [-0.2, 0) is 9.53 Å². The summed E-state index contributed by atoms with van der Waals surface area (Å²) in [5, 5.41) is 3.47. The van der Waals surface area contributed by atoms with Gasteiger partial charge in [-0.15, -0.1) is 12.4 Å². The van der Waals surface area contributed by atoms with Crippen LogP contribution in [0.5, 0.6) is 0 Å². The van der Waals surface area contributed by atoms with Crippen molar-refractivity contribution in [2.45, 2.75) is 32.1 Å². The zero-order valence-electron chi connectivity index (χ0n) is 12.2. The first-order chi connectivity index (χ1) is 9.33. The van der Waals surface area contributed by atoms with E-state index in [1.165, 1.54) is 25.7 Å². The summed E-state index contributed by atoms with van der Waals surface area (Å²) in [6.07, 6.45) is 5.55. The van der Waals surface area contributed by atoms with Crippen molar-refractivity contribution in [3.05, 3.63) is 0 Å². The maximum Gasteiger partial charge on any atom is 0.224 e. The van der Waals surface area contributed by atoms with Crippen molar-refractivity contribution >= 4 is 18.3 Å². The number of hydrogen-bond donors (Lipinski definition) is 1. The predicted molar refractivity (Wildman–Crippen MR) is 81.1 cm³/mol. The topological polar surface area (TPSA) is 41.6 Å². The summed E-state index contributed by atoms with van der Waals surface area (Å²) < 4.78 is 5.57. The molecule has 2 saturated heterocycles. The Balaban J connectivity index is 0.00000147. The Bertz CT molecular complexity index is 309. The van der Waals surface area contributed by atoms with Crippen LogP contribution in [0.15, 0.2) is 0 Å². The second kappa shape index (κ2) is 7.62. The van der Waals surface area contributed by atoms with Crippen LogP contribution in [0.25, 0.3) is 0 Å². The van der Waals surface area contributed by atoms with Gasteiger partial charge in [0, 0.05) is 19.7 Å². The quantitative estimate of drug-likeness (QED) is 0.786. The average Bonchev–Trinajstić information content (AvgIpc) is 3.18. The van der Waals surface area contributed by atoms with Gasteiger partial charge in [0.2, 0.25) is 5.91 Å². The lowest BCUT2D eigenvalue weighted by molar-refractivity contribution is -0.132. The Labute approximate surface area is 128 Å². The number of ether oxygens (including phenoxy) is 1. The van der Waals surface area contributed by atoms with Gasteiger partial charge in [0.25, 0.3) is 0 Å². The summed E-state index contributed by atoms with van der Waals surface area (Å²) in [5.41, 5.74) is 0. The summed E-state index contributed by atoms with van der Waals surface area (Å²) in [6, 6.07) is 0. The third-order valence-corrected chi connectivity index (χ3v) is 4.88. The summed E-state index contributed by atoms with van der Waals surface area (Å²) in [6.45, 7) is 5.67. The Kier molecular flexibility index (Phi) is 6.12. The van der Waals surface area contributed by atoms with Crippen molar-refractivity contribution in [1.29, 1.82) is 0 Å². The monoisotopic (exact) mass is 302 g/mol. The fraction of sp³-hybridized carbons (Fsp3) is 0.933. The summed E-state index contributed by atoms with van der Waals surface area (Å²) >= 11 is 0. The molecular formula is C15H27ClN2O2. The zero-order chi connectivity index (χ0) is 13.1. The van der Waals surface area contributed by atoms with Crippen LogP contribution in [0.3, 0.4) is 0 Å². The number of likely N-dealkylation sites (tertiary alicyclic amines) is 1. The summed E-state index contributed by atoms with van der Waals surface area (Å²) in [7, 11) is 0. The maximum atomic E-state index is 12.2. The van der Waals surface area contributed by atoms with Crippen LogP contribution in [0, 0.1) is 17.8 Å². The van der Waals surface area contributed by atoms with Crippen LogP contribution in [-0.4, -0.2) is 50.2 Å². The standard InChI is InChI=1S/C15H26N2O2.ClH/c18-15(5-8-19-11-12-1-2-12)17-6-3-13-9-16-10-14(13)4-7-17;/h12-14,16H,1-11H2;1H/t13-,14+;. The number of nitrogens with zero attached hydrogens (tertiary/aromatic N) is 1. The molecule has 3 aliphatic rings. The van der Waals surface area contributed by atoms with E-state index >= 15 is 0 Å². The Morgan fingerprint density at radius 2 is 1.75 bits per heavy atom. The molecule has 2 aliphatic heterocycles. The minimum absolute atomic E-state index is 0. The molecule has 0 aromatic heterocycles. The molecule has 116 valence electrons. The molecule has 5 heteroatoms. The molecular weight excluding hydrogens is 276 g/mol. The third-order valence-electron chi connectivity index (χ3n) is 4.88. The van der Waals surface area contributed by atoms with Crippen LogP contribution in [0.2, 0.25) is 0 Å². The van der Waals surface area contributed by atoms with Crippen molar-refractivity contribution in [1.82, 2.24) is 10.2 Å². The van der Waals surface area contributed by atoms with E-state index < -0.39 is 0 Å². The van der Waals surface area contributed by atoms with Crippen LogP contribution >= 0.6 is 12.4 Å². The molecule has 0 unspecified atom stereocenters. The van der Waals surface area contributed by atoms with Crippen molar-refractivity contribution in [2.75, 3.05) is 39.4 Å². The molecule has 1 aliphatic carbocycles. The van der Waals surface area contributed by atoms with Crippen molar-refractivity contribution in [3.8, 4) is 0 Å². The van der Waals surface area contributed by atoms with Gasteiger partial charge in [-0.2, -0.15) is 0 Å². The van der Waals surface area contributed by atoms with E-state index in [0.29, 0.717) is 18.9 Å². The molecule has 1 amide bonds. The van der Waals surface area contributed by atoms with Gasteiger partial charge in [0.05, 0.1) is 13.0 Å². The fourth-order valence-electron chi connectivity index (χ4n) is 3.32. The molecule has 1 saturated carbocycles. The zero-order valence-corrected chi connectivity index (χ0v) is 13.0. The van der Waals surface area contributed by atoms with Gasteiger partial charge in [-0.05, 0) is 56.5 Å². The SMILES string of the molecule is Cl.O=C(CCOCC1CC1)N1CC[C@@H]2CNC[C@@H]2CC1. The number of amides is 1. The Morgan fingerprint density at radius 3 is 2.35 bits per heavy atom. The minimum Gasteiger partial charge on any atom is -0.381 e. The number of carbonyl (C=O) groups excluding carboxylic acids is 1. The normalized spacial score (nSPS) is 29.5. The van der Waals surface area contributed by atoms with Gasteiger partial charge in [0.15, 0.2) is 0 Å². The van der Waals surface area contributed by atoms with Gasteiger partial charge < -0.3 is 15.0 Å². The van der Waals surface area contributed by atoms with Crippen molar-refractivity contribution in [3.63, 3.8) is 0 Å². The highest BCUT2D eigenvalue weighted by Gasteiger charge is 2.31. The first-order valence-corrected chi connectivity index (χ1v) is 7.89. The van der Waals surface area contributed by atoms with E-state index in [9.17, 15) is 4.79 Å². The molecule has 3 fully saturated rings. The highest BCUT2D eigenvalue weighted by atomic mass is 35.5. The van der Waals surface area contributed by atoms with Gasteiger partial charge >= 0.3 is 0 Å². The number of carbonyl (C=O) groups is 1. The lowest BCUT2D eigenvalue weighted by atomic mass is 9.92. The number of fused-ring (bicyclic) bond motifs is 1. The number of rotatable bonds is 5. The average molecular weight is 303 g/mol. The molecule has 0 aromatic carbocycles. The first kappa shape index (κ1) is 16.1. The van der Waals surface area contributed by atoms with Gasteiger partial charge in [-0.1, -0.05) is 0 Å². The van der Waals surface area contributed by atoms with Crippen LogP contribution in [0.1, 0.15) is 32.1 Å². The number of nitrogens with one attached hydrogen (secondary N) is 1. The van der Waals surface area contributed by atoms with E-state index in [1.807, 2.05) is 0 Å². The molecule has 0 radical (unpaired) electrons. The lowest BCUT2D eigenvalue weighted by Crippen LogP contribution is -2.33. The van der Waals surface area contributed by atoms with Gasteiger partial charge in [-0.3, -0.25) is 4.79 Å². The molecule has 4 nitrogen and oxygen atoms in total. The molecule has 2 atom stereocenters. The molecule has 20 heavy (non-hydrogen) atoms. The Hall–Kier alpha value is -0.320. The molecule has 3 rings (SSSR count). The molecule has 1 N–H and O–H groups in total. The molecule has 0 bridgehead atoms. The van der Waals surface area contributed by atoms with E-state index in [0.717, 1.165) is 50.5 Å². The van der Waals surface area contributed by atoms with Gasteiger partial charge in [0.1, 0.15) is 0 Å². The first-order valence-electron chi connectivity index (χ1n) is 7.89. The fourth-order valence-corrected chi connectivity index (χ4v) is 3.32. The van der Waals surface area contributed by atoms with Crippen LogP contribution in [0.4, 0.5) is 0 Å². The summed E-state index contributed by atoms with van der Waals surface area (Å²) in [5.74, 6) is 2.68. The lowest BCUT2D eigenvalue weighted by Gasteiger charge is -2.21. The van der Waals surface area contributed by atoms with E-state index in [2.05, 4.69) is 10.2 Å². The van der Waals surface area contributed by atoms with Crippen molar-refractivity contribution in [2.24, 2.45) is 17.8 Å². The predicted octanol–water partition coefficient (Wildman–Crippen LogP) is 1.68. The second-order valence-electron chi connectivity index (χ2n) is 6.40. The number of hydrogen-bond acceptors (Lipinski definition) is 3. The Morgan fingerprint density at radius 1 is 1.10 bits per heavy atom. The molecule has 2 heterocycles. The highest BCUT2D eigenvalue weighted by molar-refractivity contribution is 5.85. The highest BCUT2D eigenvalue weighted by Crippen LogP contribution is 2.29. The minimum atomic E-state index is 0.